The minimum atomic E-state index is 0.243. The summed E-state index contributed by atoms with van der Waals surface area (Å²) in [6.07, 6.45) is 1.38. The third-order valence-corrected chi connectivity index (χ3v) is 3.64. The zero-order chi connectivity index (χ0) is 13.5. The van der Waals surface area contributed by atoms with Crippen molar-refractivity contribution >= 4 is 5.96 Å². The molecule has 2 atom stereocenters. The largest absolute Gasteiger partial charge is 0.381 e. The molecule has 0 amide bonds. The number of nitrogens with one attached hydrogen (secondary N) is 2. The molecule has 6 nitrogen and oxygen atoms in total. The fourth-order valence-corrected chi connectivity index (χ4v) is 2.41. The van der Waals surface area contributed by atoms with Crippen molar-refractivity contribution in [1.29, 1.82) is 0 Å². The van der Waals surface area contributed by atoms with E-state index in [0.717, 1.165) is 58.4 Å². The first-order valence-electron chi connectivity index (χ1n) is 7.10. The lowest BCUT2D eigenvalue weighted by atomic mass is 10.1. The predicted octanol–water partition coefficient (Wildman–Crippen LogP) is -0.481. The fourth-order valence-electron chi connectivity index (χ4n) is 2.41. The van der Waals surface area contributed by atoms with Crippen molar-refractivity contribution in [2.24, 2.45) is 10.9 Å². The first-order valence-corrected chi connectivity index (χ1v) is 7.10. The molecule has 0 aromatic rings. The third kappa shape index (κ3) is 4.97. The van der Waals surface area contributed by atoms with Crippen LogP contribution in [0.4, 0.5) is 0 Å². The van der Waals surface area contributed by atoms with Gasteiger partial charge in [-0.1, -0.05) is 0 Å². The maximum atomic E-state index is 5.71. The molecule has 110 valence electrons. The molecule has 2 N–H and O–H groups in total. The standard InChI is InChI=1S/C13H26N4O2/c1-14-13(15-7-11-3-5-18-10-11)16-8-12-9-17(2)4-6-19-12/h11-12H,3-10H2,1-2H3,(H2,14,15,16). The van der Waals surface area contributed by atoms with Gasteiger partial charge in [-0.2, -0.15) is 0 Å². The molecule has 0 aliphatic carbocycles. The Morgan fingerprint density at radius 1 is 1.32 bits per heavy atom. The number of likely N-dealkylation sites (N-methyl/N-ethyl adjacent to an activating group) is 1. The van der Waals surface area contributed by atoms with Gasteiger partial charge in [-0.15, -0.1) is 0 Å². The number of rotatable bonds is 4. The summed E-state index contributed by atoms with van der Waals surface area (Å²) in [6, 6.07) is 0. The molecule has 2 aliphatic rings. The van der Waals surface area contributed by atoms with Gasteiger partial charge in [-0.05, 0) is 13.5 Å². The van der Waals surface area contributed by atoms with E-state index < -0.39 is 0 Å². The van der Waals surface area contributed by atoms with Crippen LogP contribution in [0.3, 0.4) is 0 Å². The normalized spacial score (nSPS) is 29.5. The zero-order valence-electron chi connectivity index (χ0n) is 12.0. The molecule has 6 heteroatoms. The molecular formula is C13H26N4O2. The van der Waals surface area contributed by atoms with Gasteiger partial charge in [0.25, 0.3) is 0 Å². The lowest BCUT2D eigenvalue weighted by Crippen LogP contribution is -2.48. The molecule has 19 heavy (non-hydrogen) atoms. The minimum absolute atomic E-state index is 0.243. The van der Waals surface area contributed by atoms with Crippen LogP contribution in [0.5, 0.6) is 0 Å². The van der Waals surface area contributed by atoms with Gasteiger partial charge < -0.3 is 25.0 Å². The van der Waals surface area contributed by atoms with Crippen LogP contribution < -0.4 is 10.6 Å². The highest BCUT2D eigenvalue weighted by Crippen LogP contribution is 2.10. The molecule has 0 aromatic heterocycles. The summed E-state index contributed by atoms with van der Waals surface area (Å²) in [5.41, 5.74) is 0. The van der Waals surface area contributed by atoms with E-state index in [0.29, 0.717) is 5.92 Å². The van der Waals surface area contributed by atoms with Crippen LogP contribution >= 0.6 is 0 Å². The second-order valence-electron chi connectivity index (χ2n) is 5.32. The summed E-state index contributed by atoms with van der Waals surface area (Å²) in [4.78, 5) is 6.53. The molecule has 2 rings (SSSR count). The second kappa shape index (κ2) is 7.67. The maximum Gasteiger partial charge on any atom is 0.191 e. The number of morpholine rings is 1. The van der Waals surface area contributed by atoms with E-state index in [1.54, 1.807) is 7.05 Å². The molecule has 2 fully saturated rings. The van der Waals surface area contributed by atoms with Crippen molar-refractivity contribution in [2.75, 3.05) is 60.1 Å². The Labute approximate surface area is 115 Å². The van der Waals surface area contributed by atoms with Crippen LogP contribution in [0, 0.1) is 5.92 Å². The predicted molar refractivity (Wildman–Crippen MR) is 75.5 cm³/mol. The summed E-state index contributed by atoms with van der Waals surface area (Å²) in [5.74, 6) is 1.46. The molecule has 0 bridgehead atoms. The van der Waals surface area contributed by atoms with Gasteiger partial charge in [-0.3, -0.25) is 4.99 Å². The van der Waals surface area contributed by atoms with Crippen LogP contribution in [-0.4, -0.2) is 77.1 Å². The molecule has 2 saturated heterocycles. The van der Waals surface area contributed by atoms with Crippen molar-refractivity contribution in [3.8, 4) is 0 Å². The monoisotopic (exact) mass is 270 g/mol. The first-order chi connectivity index (χ1) is 9.28. The molecule has 0 saturated carbocycles. The Morgan fingerprint density at radius 3 is 2.84 bits per heavy atom. The Bertz CT molecular complexity index is 292. The quantitative estimate of drug-likeness (QED) is 0.534. The number of guanidine groups is 1. The highest BCUT2D eigenvalue weighted by atomic mass is 16.5. The SMILES string of the molecule is CN=C(NCC1CCOC1)NCC1CN(C)CCO1. The van der Waals surface area contributed by atoms with Crippen LogP contribution in [0.25, 0.3) is 0 Å². The van der Waals surface area contributed by atoms with Gasteiger partial charge in [0.05, 0.1) is 19.3 Å². The molecule has 0 radical (unpaired) electrons. The fraction of sp³-hybridized carbons (Fsp3) is 0.923. The minimum Gasteiger partial charge on any atom is -0.381 e. The summed E-state index contributed by atoms with van der Waals surface area (Å²) < 4.78 is 11.1. The Kier molecular flexibility index (Phi) is 5.88. The van der Waals surface area contributed by atoms with Gasteiger partial charge in [-0.25, -0.2) is 0 Å². The van der Waals surface area contributed by atoms with Gasteiger partial charge in [0, 0.05) is 45.8 Å². The second-order valence-corrected chi connectivity index (χ2v) is 5.32. The lowest BCUT2D eigenvalue weighted by molar-refractivity contribution is -0.0161. The number of hydrogen-bond acceptors (Lipinski definition) is 4. The Morgan fingerprint density at radius 2 is 2.16 bits per heavy atom. The van der Waals surface area contributed by atoms with Gasteiger partial charge in [0.1, 0.15) is 0 Å². The average Bonchev–Trinajstić information content (AvgIpc) is 2.92. The van der Waals surface area contributed by atoms with E-state index in [-0.39, 0.29) is 6.10 Å². The van der Waals surface area contributed by atoms with Gasteiger partial charge in [0.2, 0.25) is 0 Å². The van der Waals surface area contributed by atoms with Crippen LogP contribution in [0.2, 0.25) is 0 Å². The van der Waals surface area contributed by atoms with E-state index in [2.05, 4.69) is 27.6 Å². The topological polar surface area (TPSA) is 58.1 Å². The van der Waals surface area contributed by atoms with Crippen molar-refractivity contribution in [1.82, 2.24) is 15.5 Å². The van der Waals surface area contributed by atoms with Crippen molar-refractivity contribution < 1.29 is 9.47 Å². The average molecular weight is 270 g/mol. The van der Waals surface area contributed by atoms with Gasteiger partial charge >= 0.3 is 0 Å². The summed E-state index contributed by atoms with van der Waals surface area (Å²) in [6.45, 7) is 6.28. The van der Waals surface area contributed by atoms with E-state index in [4.69, 9.17) is 9.47 Å². The number of ether oxygens (including phenoxy) is 2. The highest BCUT2D eigenvalue weighted by molar-refractivity contribution is 5.79. The molecular weight excluding hydrogens is 244 g/mol. The van der Waals surface area contributed by atoms with E-state index in [1.807, 2.05) is 0 Å². The molecule has 0 aromatic carbocycles. The number of aliphatic imine (C=N–C) groups is 1. The van der Waals surface area contributed by atoms with Gasteiger partial charge in [0.15, 0.2) is 5.96 Å². The zero-order valence-corrected chi connectivity index (χ0v) is 12.0. The van der Waals surface area contributed by atoms with E-state index in [1.165, 1.54) is 0 Å². The summed E-state index contributed by atoms with van der Waals surface area (Å²) >= 11 is 0. The summed E-state index contributed by atoms with van der Waals surface area (Å²) in [5, 5.41) is 6.68. The molecule has 2 aliphatic heterocycles. The smallest absolute Gasteiger partial charge is 0.191 e. The van der Waals surface area contributed by atoms with Crippen LogP contribution in [0.1, 0.15) is 6.42 Å². The van der Waals surface area contributed by atoms with E-state index in [9.17, 15) is 0 Å². The molecule has 2 heterocycles. The number of nitrogens with zero attached hydrogens (tertiary/aromatic N) is 2. The third-order valence-electron chi connectivity index (χ3n) is 3.64. The Balaban J connectivity index is 1.64. The lowest BCUT2D eigenvalue weighted by Gasteiger charge is -2.30. The van der Waals surface area contributed by atoms with Crippen LogP contribution in [-0.2, 0) is 9.47 Å². The Hall–Kier alpha value is -0.850. The van der Waals surface area contributed by atoms with Crippen molar-refractivity contribution in [3.05, 3.63) is 0 Å². The van der Waals surface area contributed by atoms with E-state index >= 15 is 0 Å². The molecule has 2 unspecified atom stereocenters. The van der Waals surface area contributed by atoms with Crippen molar-refractivity contribution in [2.45, 2.75) is 12.5 Å². The van der Waals surface area contributed by atoms with Crippen molar-refractivity contribution in [3.63, 3.8) is 0 Å². The highest BCUT2D eigenvalue weighted by Gasteiger charge is 2.18. The number of hydrogen-bond donors (Lipinski definition) is 2. The summed E-state index contributed by atoms with van der Waals surface area (Å²) in [7, 11) is 3.93. The maximum absolute atomic E-state index is 5.71. The van der Waals surface area contributed by atoms with Crippen LogP contribution in [0.15, 0.2) is 4.99 Å². The first kappa shape index (κ1) is 14.6. The molecule has 0 spiro atoms.